The topological polar surface area (TPSA) is 61.0 Å². The molecule has 3 aromatic rings. The van der Waals surface area contributed by atoms with E-state index >= 15 is 0 Å². The standard InChI is InChI=1S/C32H42N4O3/c1-20(2)30-26-14-22(6-8-27(26)33-31(30)21-7-9-28(38-4)29(15-21)39-5)32(37)36-18-23-16-35(17-24(23)19-36)25-10-12-34(3)13-11-25/h6-9,14-15,20,23-25,33H,10-13,16-19H2,1-5H3. The summed E-state index contributed by atoms with van der Waals surface area (Å²) in [6.45, 7) is 10.9. The first-order chi connectivity index (χ1) is 18.9. The third-order valence-corrected chi connectivity index (χ3v) is 9.34. The Morgan fingerprint density at radius 1 is 0.923 bits per heavy atom. The van der Waals surface area contributed by atoms with Gasteiger partial charge in [-0.05, 0) is 92.7 Å². The van der Waals surface area contributed by atoms with E-state index in [1.807, 2.05) is 18.2 Å². The molecule has 0 bridgehead atoms. The van der Waals surface area contributed by atoms with Crippen LogP contribution in [0.15, 0.2) is 36.4 Å². The van der Waals surface area contributed by atoms with E-state index in [1.54, 1.807) is 14.2 Å². The van der Waals surface area contributed by atoms with Crippen LogP contribution in [0.2, 0.25) is 0 Å². The number of piperidine rings is 1. The van der Waals surface area contributed by atoms with Crippen LogP contribution in [0, 0.1) is 11.8 Å². The maximum absolute atomic E-state index is 13.7. The van der Waals surface area contributed by atoms with Gasteiger partial charge in [0.2, 0.25) is 0 Å². The van der Waals surface area contributed by atoms with Crippen LogP contribution in [-0.4, -0.2) is 92.2 Å². The lowest BCUT2D eigenvalue weighted by Gasteiger charge is -2.35. The van der Waals surface area contributed by atoms with Crippen molar-refractivity contribution in [3.8, 4) is 22.8 Å². The third kappa shape index (κ3) is 4.80. The first kappa shape index (κ1) is 26.2. The average Bonchev–Trinajstić information content (AvgIpc) is 3.64. The van der Waals surface area contributed by atoms with E-state index in [4.69, 9.17) is 9.47 Å². The van der Waals surface area contributed by atoms with Crippen molar-refractivity contribution in [3.05, 3.63) is 47.5 Å². The number of amides is 1. The Labute approximate surface area is 232 Å². The van der Waals surface area contributed by atoms with E-state index in [0.717, 1.165) is 59.9 Å². The number of nitrogens with one attached hydrogen (secondary N) is 1. The van der Waals surface area contributed by atoms with Crippen LogP contribution in [0.3, 0.4) is 0 Å². The van der Waals surface area contributed by atoms with Crippen molar-refractivity contribution in [2.75, 3.05) is 60.5 Å². The molecule has 0 aliphatic carbocycles. The highest BCUT2D eigenvalue weighted by Crippen LogP contribution is 2.40. The number of hydrogen-bond acceptors (Lipinski definition) is 5. The summed E-state index contributed by atoms with van der Waals surface area (Å²) in [4.78, 5) is 24.6. The monoisotopic (exact) mass is 530 g/mol. The highest BCUT2D eigenvalue weighted by atomic mass is 16.5. The molecule has 0 radical (unpaired) electrons. The molecule has 7 nitrogen and oxygen atoms in total. The van der Waals surface area contributed by atoms with E-state index in [0.29, 0.717) is 23.3 Å². The molecule has 4 heterocycles. The van der Waals surface area contributed by atoms with Gasteiger partial charge in [0.1, 0.15) is 0 Å². The van der Waals surface area contributed by atoms with Crippen LogP contribution >= 0.6 is 0 Å². The first-order valence-corrected chi connectivity index (χ1v) is 14.5. The van der Waals surface area contributed by atoms with Gasteiger partial charge in [-0.25, -0.2) is 0 Å². The van der Waals surface area contributed by atoms with Crippen LogP contribution in [0.5, 0.6) is 11.5 Å². The van der Waals surface area contributed by atoms with Crippen LogP contribution in [0.1, 0.15) is 48.5 Å². The molecule has 2 unspecified atom stereocenters. The van der Waals surface area contributed by atoms with Crippen molar-refractivity contribution >= 4 is 16.8 Å². The molecule has 3 aliphatic heterocycles. The number of aromatic amines is 1. The molecule has 3 fully saturated rings. The number of aromatic nitrogens is 1. The molecule has 39 heavy (non-hydrogen) atoms. The Hall–Kier alpha value is -3.03. The number of ether oxygens (including phenoxy) is 2. The Balaban J connectivity index is 1.22. The highest BCUT2D eigenvalue weighted by Gasteiger charge is 2.43. The fourth-order valence-electron chi connectivity index (χ4n) is 7.20. The fraction of sp³-hybridized carbons (Fsp3) is 0.531. The molecule has 0 spiro atoms. The van der Waals surface area contributed by atoms with Gasteiger partial charge >= 0.3 is 0 Å². The Morgan fingerprint density at radius 3 is 2.26 bits per heavy atom. The average molecular weight is 531 g/mol. The van der Waals surface area contributed by atoms with Gasteiger partial charge in [-0.15, -0.1) is 0 Å². The van der Waals surface area contributed by atoms with Crippen molar-refractivity contribution < 1.29 is 14.3 Å². The number of H-pyrrole nitrogens is 1. The number of nitrogens with zero attached hydrogens (tertiary/aromatic N) is 3. The molecule has 6 rings (SSSR count). The molecular weight excluding hydrogens is 488 g/mol. The van der Waals surface area contributed by atoms with E-state index in [-0.39, 0.29) is 11.8 Å². The number of methoxy groups -OCH3 is 2. The SMILES string of the molecule is COc1ccc(-c2[nH]c3ccc(C(=O)N4CC5CN(C6CCN(C)CC6)CC5C4)cc3c2C(C)C)cc1OC. The Bertz CT molecular complexity index is 1340. The van der Waals surface area contributed by atoms with Gasteiger partial charge in [-0.1, -0.05) is 13.8 Å². The molecule has 1 amide bonds. The molecule has 2 atom stereocenters. The van der Waals surface area contributed by atoms with Crippen molar-refractivity contribution in [1.82, 2.24) is 19.7 Å². The molecule has 1 aromatic heterocycles. The molecule has 208 valence electrons. The van der Waals surface area contributed by atoms with E-state index < -0.39 is 0 Å². The minimum Gasteiger partial charge on any atom is -0.493 e. The molecule has 2 aromatic carbocycles. The summed E-state index contributed by atoms with van der Waals surface area (Å²) in [7, 11) is 5.54. The lowest BCUT2D eigenvalue weighted by molar-refractivity contribution is 0.0760. The van der Waals surface area contributed by atoms with E-state index in [1.165, 1.54) is 31.5 Å². The second kappa shape index (κ2) is 10.5. The van der Waals surface area contributed by atoms with Crippen molar-refractivity contribution in [2.45, 2.75) is 38.6 Å². The van der Waals surface area contributed by atoms with Crippen LogP contribution in [0.25, 0.3) is 22.2 Å². The molecular formula is C32H42N4O3. The lowest BCUT2D eigenvalue weighted by atomic mass is 9.95. The predicted octanol–water partition coefficient (Wildman–Crippen LogP) is 5.07. The smallest absolute Gasteiger partial charge is 0.253 e. The molecule has 7 heteroatoms. The summed E-state index contributed by atoms with van der Waals surface area (Å²) < 4.78 is 11.0. The quantitative estimate of drug-likeness (QED) is 0.482. The summed E-state index contributed by atoms with van der Waals surface area (Å²) in [6.07, 6.45) is 2.55. The second-order valence-corrected chi connectivity index (χ2v) is 12.1. The van der Waals surface area contributed by atoms with Gasteiger partial charge < -0.3 is 24.3 Å². The van der Waals surface area contributed by atoms with Crippen molar-refractivity contribution in [3.63, 3.8) is 0 Å². The van der Waals surface area contributed by atoms with Gasteiger partial charge in [0.05, 0.1) is 19.9 Å². The fourth-order valence-corrected chi connectivity index (χ4v) is 7.20. The number of carbonyl (C=O) groups is 1. The van der Waals surface area contributed by atoms with Crippen LogP contribution < -0.4 is 9.47 Å². The number of likely N-dealkylation sites (tertiary alicyclic amines) is 3. The van der Waals surface area contributed by atoms with Gasteiger partial charge in [0.25, 0.3) is 5.91 Å². The Kier molecular flexibility index (Phi) is 7.06. The number of benzene rings is 2. The molecule has 1 N–H and O–H groups in total. The molecule has 3 saturated heterocycles. The zero-order valence-electron chi connectivity index (χ0n) is 24.0. The van der Waals surface area contributed by atoms with E-state index in [9.17, 15) is 4.79 Å². The maximum Gasteiger partial charge on any atom is 0.253 e. The molecule has 0 saturated carbocycles. The van der Waals surface area contributed by atoms with E-state index in [2.05, 4.69) is 58.8 Å². The van der Waals surface area contributed by atoms with Gasteiger partial charge in [0.15, 0.2) is 11.5 Å². The predicted molar refractivity (Wildman–Crippen MR) is 156 cm³/mol. The highest BCUT2D eigenvalue weighted by molar-refractivity contribution is 6.01. The van der Waals surface area contributed by atoms with Crippen LogP contribution in [-0.2, 0) is 0 Å². The normalized spacial score (nSPS) is 22.7. The summed E-state index contributed by atoms with van der Waals surface area (Å²) >= 11 is 0. The number of fused-ring (bicyclic) bond motifs is 2. The Morgan fingerprint density at radius 2 is 1.62 bits per heavy atom. The number of hydrogen-bond donors (Lipinski definition) is 1. The summed E-state index contributed by atoms with van der Waals surface area (Å²) in [5.74, 6) is 3.07. The first-order valence-electron chi connectivity index (χ1n) is 14.5. The van der Waals surface area contributed by atoms with Gasteiger partial charge in [0, 0.05) is 54.3 Å². The number of carbonyl (C=O) groups excluding carboxylic acids is 1. The third-order valence-electron chi connectivity index (χ3n) is 9.34. The number of rotatable bonds is 6. The van der Waals surface area contributed by atoms with Gasteiger partial charge in [-0.3, -0.25) is 9.69 Å². The molecule has 3 aliphatic rings. The zero-order chi connectivity index (χ0) is 27.3. The summed E-state index contributed by atoms with van der Waals surface area (Å²) in [6, 6.07) is 12.9. The van der Waals surface area contributed by atoms with Crippen molar-refractivity contribution in [2.24, 2.45) is 11.8 Å². The lowest BCUT2D eigenvalue weighted by Crippen LogP contribution is -2.44. The van der Waals surface area contributed by atoms with Crippen LogP contribution in [0.4, 0.5) is 0 Å². The maximum atomic E-state index is 13.7. The minimum atomic E-state index is 0.167. The summed E-state index contributed by atoms with van der Waals surface area (Å²) in [5, 5.41) is 1.12. The van der Waals surface area contributed by atoms with Gasteiger partial charge in [-0.2, -0.15) is 0 Å². The minimum absolute atomic E-state index is 0.167. The largest absolute Gasteiger partial charge is 0.493 e. The van der Waals surface area contributed by atoms with Crippen molar-refractivity contribution in [1.29, 1.82) is 0 Å². The second-order valence-electron chi connectivity index (χ2n) is 12.1. The zero-order valence-corrected chi connectivity index (χ0v) is 24.0. The summed E-state index contributed by atoms with van der Waals surface area (Å²) in [5.41, 5.74) is 5.16.